The van der Waals surface area contributed by atoms with Crippen LogP contribution in [0.4, 0.5) is 0 Å². The van der Waals surface area contributed by atoms with Crippen molar-refractivity contribution in [2.45, 2.75) is 26.7 Å². The summed E-state index contributed by atoms with van der Waals surface area (Å²) in [4.78, 5) is 0. The molecule has 0 radical (unpaired) electrons. The summed E-state index contributed by atoms with van der Waals surface area (Å²) >= 11 is 0. The summed E-state index contributed by atoms with van der Waals surface area (Å²) in [5.41, 5.74) is 0.973. The van der Waals surface area contributed by atoms with Gasteiger partial charge in [-0.1, -0.05) is 0 Å². The number of nitrogens with zero attached hydrogens (tertiary/aromatic N) is 1. The molecule has 2 nitrogen and oxygen atoms in total. The first kappa shape index (κ1) is 10.2. The zero-order chi connectivity index (χ0) is 9.68. The van der Waals surface area contributed by atoms with Crippen LogP contribution < -0.4 is 0 Å². The molecule has 0 spiro atoms. The Hall–Kier alpha value is -0.855. The van der Waals surface area contributed by atoms with Crippen molar-refractivity contribution in [3.63, 3.8) is 0 Å². The topological polar surface area (TPSA) is 23.2 Å². The predicted octanol–water partition coefficient (Wildman–Crippen LogP) is 0.817. The molecule has 13 heavy (non-hydrogen) atoms. The molecule has 0 fully saturated rings. The van der Waals surface area contributed by atoms with E-state index in [2.05, 4.69) is 24.6 Å². The Labute approximate surface area is 80.5 Å². The maximum absolute atomic E-state index is 8.74. The first-order valence-electron chi connectivity index (χ1n) is 4.83. The Morgan fingerprint density at radius 2 is 2.38 bits per heavy atom. The third-order valence-electron chi connectivity index (χ3n) is 2.17. The van der Waals surface area contributed by atoms with Gasteiger partial charge >= 0.3 is 79.8 Å². The van der Waals surface area contributed by atoms with E-state index in [1.165, 1.54) is 13.5 Å². The van der Waals surface area contributed by atoms with E-state index in [4.69, 9.17) is 5.02 Å². The number of allylic oxidation sites excluding steroid dienone is 1. The van der Waals surface area contributed by atoms with Gasteiger partial charge in [0.15, 0.2) is 0 Å². The van der Waals surface area contributed by atoms with Gasteiger partial charge in [-0.05, 0) is 0 Å². The summed E-state index contributed by atoms with van der Waals surface area (Å²) in [5, 5.41) is 8.74. The first-order valence-corrected chi connectivity index (χ1v) is 4.83. The second-order valence-corrected chi connectivity index (χ2v) is 3.83. The molecule has 0 aliphatic carbocycles. The molecule has 0 aromatic heterocycles. The summed E-state index contributed by atoms with van der Waals surface area (Å²) in [6, 6.07) is 0. The van der Waals surface area contributed by atoms with E-state index in [0.717, 1.165) is 24.3 Å². The predicted molar refractivity (Wildman–Crippen MR) is 57.4 cm³/mol. The number of hydrogen-bond donors (Lipinski definition) is 1. The van der Waals surface area contributed by atoms with Crippen molar-refractivity contribution < 1.29 is 9.60 Å². The Morgan fingerprint density at radius 1 is 1.62 bits per heavy atom. The van der Waals surface area contributed by atoms with Gasteiger partial charge in [0.25, 0.3) is 0 Å². The van der Waals surface area contributed by atoms with Gasteiger partial charge in [0, 0.05) is 0 Å². The summed E-state index contributed by atoms with van der Waals surface area (Å²) < 4.78 is 2.19. The molecule has 1 N–H and O–H groups in total. The molecule has 1 heterocycles. The molecule has 1 aliphatic rings. The van der Waals surface area contributed by atoms with Gasteiger partial charge in [0.2, 0.25) is 0 Å². The minimum absolute atomic E-state index is 0.747. The fourth-order valence-corrected chi connectivity index (χ4v) is 1.21. The van der Waals surface area contributed by atoms with E-state index in [1.807, 2.05) is 12.3 Å². The number of rotatable bonds is 3. The van der Waals surface area contributed by atoms with E-state index >= 15 is 0 Å². The Kier molecular flexibility index (Phi) is 3.93. The van der Waals surface area contributed by atoms with Crippen molar-refractivity contribution in [3.8, 4) is 0 Å². The SMILES string of the molecule is CC(C)CC[N+]1=CCC(=BO)C=C1. The zero-order valence-electron chi connectivity index (χ0n) is 8.40. The van der Waals surface area contributed by atoms with Crippen molar-refractivity contribution in [2.75, 3.05) is 6.54 Å². The molecule has 0 saturated carbocycles. The van der Waals surface area contributed by atoms with Crippen molar-refractivity contribution in [2.24, 2.45) is 5.92 Å². The van der Waals surface area contributed by atoms with Gasteiger partial charge in [-0.15, -0.1) is 0 Å². The Balaban J connectivity index is 2.39. The van der Waals surface area contributed by atoms with Gasteiger partial charge in [-0.3, -0.25) is 0 Å². The standard InChI is InChI=1S/C10H17BNO/c1-9(2)3-6-12-7-4-10(11-13)5-8-12/h4,7-9,13H,3,5-6H2,1-2H3/q+1. The molecule has 0 aromatic carbocycles. The normalized spacial score (nSPS) is 19.0. The average Bonchev–Trinajstić information content (AvgIpc) is 2.15. The van der Waals surface area contributed by atoms with Crippen molar-refractivity contribution in [1.82, 2.24) is 0 Å². The molecule has 0 saturated heterocycles. The van der Waals surface area contributed by atoms with E-state index in [1.54, 1.807) is 0 Å². The van der Waals surface area contributed by atoms with Crippen molar-refractivity contribution >= 4 is 18.8 Å². The van der Waals surface area contributed by atoms with E-state index in [9.17, 15) is 0 Å². The fraction of sp³-hybridized carbons (Fsp3) is 0.600. The Bertz CT molecular complexity index is 254. The molecule has 0 atom stereocenters. The molecule has 70 valence electrons. The molecule has 1 aliphatic heterocycles. The van der Waals surface area contributed by atoms with Crippen LogP contribution in [-0.4, -0.2) is 34.9 Å². The molecular weight excluding hydrogens is 161 g/mol. The van der Waals surface area contributed by atoms with E-state index in [0.29, 0.717) is 0 Å². The van der Waals surface area contributed by atoms with Crippen LogP contribution in [0.25, 0.3) is 0 Å². The average molecular weight is 178 g/mol. The van der Waals surface area contributed by atoms with Crippen LogP contribution in [-0.2, 0) is 0 Å². The van der Waals surface area contributed by atoms with Crippen molar-refractivity contribution in [3.05, 3.63) is 12.3 Å². The minimum atomic E-state index is 0.747. The molecule has 0 bridgehead atoms. The fourth-order valence-electron chi connectivity index (χ4n) is 1.21. The molecule has 0 amide bonds. The van der Waals surface area contributed by atoms with Crippen LogP contribution in [0.2, 0.25) is 0 Å². The summed E-state index contributed by atoms with van der Waals surface area (Å²) in [7, 11) is 1.17. The molecule has 1 rings (SSSR count). The number of hydrogen-bond acceptors (Lipinski definition) is 1. The van der Waals surface area contributed by atoms with Crippen LogP contribution in [0.3, 0.4) is 0 Å². The summed E-state index contributed by atoms with van der Waals surface area (Å²) in [6.45, 7) is 5.53. The zero-order valence-corrected chi connectivity index (χ0v) is 8.40. The van der Waals surface area contributed by atoms with Crippen LogP contribution in [0.15, 0.2) is 12.3 Å². The van der Waals surface area contributed by atoms with E-state index < -0.39 is 0 Å². The first-order chi connectivity index (χ1) is 6.22. The van der Waals surface area contributed by atoms with Gasteiger partial charge in [-0.2, -0.15) is 0 Å². The van der Waals surface area contributed by atoms with Crippen molar-refractivity contribution in [1.29, 1.82) is 0 Å². The third kappa shape index (κ3) is 3.58. The summed E-state index contributed by atoms with van der Waals surface area (Å²) in [5.74, 6) is 0.747. The molecule has 0 aromatic rings. The third-order valence-corrected chi connectivity index (χ3v) is 2.17. The van der Waals surface area contributed by atoms with Crippen LogP contribution in [0.5, 0.6) is 0 Å². The second kappa shape index (κ2) is 5.00. The maximum atomic E-state index is 8.74. The Morgan fingerprint density at radius 3 is 2.85 bits per heavy atom. The van der Waals surface area contributed by atoms with Gasteiger partial charge < -0.3 is 0 Å². The second-order valence-electron chi connectivity index (χ2n) is 3.83. The molecule has 3 heteroatoms. The van der Waals surface area contributed by atoms with Gasteiger partial charge in [0.05, 0.1) is 0 Å². The van der Waals surface area contributed by atoms with Gasteiger partial charge in [0.1, 0.15) is 0 Å². The molecular formula is C10H17BNO+. The summed E-state index contributed by atoms with van der Waals surface area (Å²) in [6.07, 6.45) is 8.14. The van der Waals surface area contributed by atoms with Crippen LogP contribution in [0, 0.1) is 5.92 Å². The monoisotopic (exact) mass is 178 g/mol. The van der Waals surface area contributed by atoms with Gasteiger partial charge in [-0.25, -0.2) is 0 Å². The van der Waals surface area contributed by atoms with E-state index in [-0.39, 0.29) is 0 Å². The van der Waals surface area contributed by atoms with Crippen LogP contribution in [0.1, 0.15) is 26.7 Å². The van der Waals surface area contributed by atoms with Crippen LogP contribution >= 0.6 is 0 Å². The quantitative estimate of drug-likeness (QED) is 0.501. The molecule has 0 unspecified atom stereocenters.